The third-order valence-corrected chi connectivity index (χ3v) is 7.02. The fourth-order valence-electron chi connectivity index (χ4n) is 3.77. The Morgan fingerprint density at radius 2 is 1.97 bits per heavy atom. The van der Waals surface area contributed by atoms with Crippen molar-refractivity contribution in [3.05, 3.63) is 29.8 Å². The van der Waals surface area contributed by atoms with Gasteiger partial charge >= 0.3 is 11.9 Å². The summed E-state index contributed by atoms with van der Waals surface area (Å²) < 4.78 is 7.71. The summed E-state index contributed by atoms with van der Waals surface area (Å²) in [5.74, 6) is -2.96. The second-order valence-electron chi connectivity index (χ2n) is 7.86. The molecule has 2 aliphatic heterocycles. The predicted molar refractivity (Wildman–Crippen MR) is 124 cm³/mol. The lowest BCUT2D eigenvalue weighted by Crippen LogP contribution is -2.46. The minimum atomic E-state index is -1.72. The molecule has 3 rings (SSSR count). The molecule has 0 aliphatic carbocycles. The molecule has 2 aliphatic rings. The monoisotopic (exact) mass is 497 g/mol. The van der Waals surface area contributed by atoms with E-state index in [2.05, 4.69) is 18.1 Å². The Balaban J connectivity index is 1.51. The summed E-state index contributed by atoms with van der Waals surface area (Å²) in [5, 5.41) is 20.0. The van der Waals surface area contributed by atoms with Gasteiger partial charge in [0.2, 0.25) is 5.91 Å². The highest BCUT2D eigenvalue weighted by atomic mass is 32.2. The molecule has 0 spiro atoms. The third kappa shape index (κ3) is 6.85. The van der Waals surface area contributed by atoms with Gasteiger partial charge in [0, 0.05) is 6.54 Å². The van der Waals surface area contributed by atoms with Crippen molar-refractivity contribution in [2.45, 2.75) is 49.6 Å². The molecule has 0 aromatic heterocycles. The van der Waals surface area contributed by atoms with Gasteiger partial charge in [-0.2, -0.15) is 0 Å². The van der Waals surface area contributed by atoms with Gasteiger partial charge in [-0.25, -0.2) is 9.10 Å². The molecule has 180 valence electrons. The van der Waals surface area contributed by atoms with Crippen molar-refractivity contribution < 1.29 is 34.1 Å². The van der Waals surface area contributed by atoms with Crippen molar-refractivity contribution >= 4 is 47.7 Å². The molecule has 3 atom stereocenters. The van der Waals surface area contributed by atoms with Gasteiger partial charge < -0.3 is 20.3 Å². The highest BCUT2D eigenvalue weighted by Crippen LogP contribution is 2.32. The van der Waals surface area contributed by atoms with E-state index < -0.39 is 40.8 Å². The lowest BCUT2D eigenvalue weighted by molar-refractivity contribution is -0.151. The van der Waals surface area contributed by atoms with Crippen molar-refractivity contribution in [3.8, 4) is 5.75 Å². The van der Waals surface area contributed by atoms with E-state index in [0.717, 1.165) is 18.5 Å². The molecule has 3 unspecified atom stereocenters. The third-order valence-electron chi connectivity index (χ3n) is 5.49. The van der Waals surface area contributed by atoms with Crippen LogP contribution >= 0.6 is 24.6 Å². The van der Waals surface area contributed by atoms with Crippen LogP contribution in [0.4, 0.5) is 4.79 Å². The van der Waals surface area contributed by atoms with Crippen molar-refractivity contribution in [1.29, 1.82) is 0 Å². The van der Waals surface area contributed by atoms with Crippen LogP contribution in [0, 0.1) is 0 Å². The summed E-state index contributed by atoms with van der Waals surface area (Å²) in [4.78, 5) is 47.7. The Labute approximate surface area is 201 Å². The molecule has 12 heteroatoms. The van der Waals surface area contributed by atoms with Gasteiger partial charge in [-0.15, -0.1) is 0 Å². The number of piperidine rings is 1. The van der Waals surface area contributed by atoms with Crippen LogP contribution < -0.4 is 10.1 Å². The number of carboxylic acid groups (broad SMARTS) is 2. The van der Waals surface area contributed by atoms with Crippen LogP contribution in [0.1, 0.15) is 31.2 Å². The zero-order valence-corrected chi connectivity index (χ0v) is 19.6. The summed E-state index contributed by atoms with van der Waals surface area (Å²) in [6.07, 6.45) is 3.03. The molecule has 2 saturated heterocycles. The number of carboxylic acids is 2. The molecule has 1 aromatic carbocycles. The van der Waals surface area contributed by atoms with E-state index in [1.165, 1.54) is 12.8 Å². The van der Waals surface area contributed by atoms with Crippen LogP contribution in [-0.2, 0) is 20.8 Å². The number of thiol groups is 1. The molecule has 0 saturated carbocycles. The van der Waals surface area contributed by atoms with E-state index in [0.29, 0.717) is 35.6 Å². The SMILES string of the molecule is O=C(O)CC(C(=O)O)N1C(=O)SC(Cc2ccc(OCCN(S)C3CCCCN3)cc2)C1=O. The van der Waals surface area contributed by atoms with Crippen molar-refractivity contribution in [2.75, 3.05) is 19.7 Å². The summed E-state index contributed by atoms with van der Waals surface area (Å²) in [6.45, 7) is 2.10. The van der Waals surface area contributed by atoms with Crippen LogP contribution in [0.3, 0.4) is 0 Å². The Bertz CT molecular complexity index is 877. The predicted octanol–water partition coefficient (Wildman–Crippen LogP) is 1.85. The van der Waals surface area contributed by atoms with E-state index >= 15 is 0 Å². The Morgan fingerprint density at radius 1 is 1.24 bits per heavy atom. The standard InChI is InChI=1S/C21H27N3O7S2/c25-18(26)12-15(20(28)29)24-19(27)16(33-21(24)30)11-13-4-6-14(7-5-13)31-10-9-23(32)17-3-1-2-8-22-17/h4-7,15-17,22,32H,1-3,8-12H2,(H,25,26)(H,28,29). The maximum atomic E-state index is 12.6. The second kappa shape index (κ2) is 11.7. The number of carbonyl (C=O) groups is 4. The van der Waals surface area contributed by atoms with Crippen molar-refractivity contribution in [1.82, 2.24) is 14.5 Å². The molecule has 1 aromatic rings. The smallest absolute Gasteiger partial charge is 0.327 e. The van der Waals surface area contributed by atoms with Crippen molar-refractivity contribution in [2.24, 2.45) is 0 Å². The maximum Gasteiger partial charge on any atom is 0.327 e. The maximum absolute atomic E-state index is 12.6. The number of hydrogen-bond acceptors (Lipinski definition) is 9. The van der Waals surface area contributed by atoms with Crippen LogP contribution in [0.25, 0.3) is 0 Å². The number of aliphatic carboxylic acids is 2. The summed E-state index contributed by atoms with van der Waals surface area (Å²) >= 11 is 5.24. The van der Waals surface area contributed by atoms with E-state index in [1.54, 1.807) is 24.3 Å². The van der Waals surface area contributed by atoms with Gasteiger partial charge in [0.05, 0.1) is 17.8 Å². The average Bonchev–Trinajstić information content (AvgIpc) is 3.06. The number of carbonyl (C=O) groups excluding carboxylic acids is 2. The molecule has 2 fully saturated rings. The number of hydrogen-bond donors (Lipinski definition) is 4. The first-order valence-corrected chi connectivity index (χ1v) is 11.9. The molecule has 10 nitrogen and oxygen atoms in total. The highest BCUT2D eigenvalue weighted by Gasteiger charge is 2.46. The zero-order chi connectivity index (χ0) is 24.0. The zero-order valence-electron chi connectivity index (χ0n) is 17.9. The number of nitrogens with zero attached hydrogens (tertiary/aromatic N) is 2. The van der Waals surface area contributed by atoms with E-state index in [4.69, 9.17) is 9.84 Å². The van der Waals surface area contributed by atoms with Gasteiger partial charge in [0.15, 0.2) is 0 Å². The first-order chi connectivity index (χ1) is 15.8. The van der Waals surface area contributed by atoms with Crippen LogP contribution in [0.2, 0.25) is 0 Å². The fourth-order valence-corrected chi connectivity index (χ4v) is 5.12. The molecular formula is C21H27N3O7S2. The number of thioether (sulfide) groups is 1. The number of rotatable bonds is 11. The number of imide groups is 1. The van der Waals surface area contributed by atoms with E-state index in [1.807, 2.05) is 4.31 Å². The van der Waals surface area contributed by atoms with Gasteiger partial charge in [-0.3, -0.25) is 19.3 Å². The quantitative estimate of drug-likeness (QED) is 0.335. The minimum absolute atomic E-state index is 0.212. The number of ether oxygens (including phenoxy) is 1. The molecular weight excluding hydrogens is 470 g/mol. The van der Waals surface area contributed by atoms with Crippen LogP contribution in [0.5, 0.6) is 5.75 Å². The summed E-state index contributed by atoms with van der Waals surface area (Å²) in [7, 11) is 0. The van der Waals surface area contributed by atoms with Gasteiger partial charge in [0.1, 0.15) is 18.4 Å². The van der Waals surface area contributed by atoms with Crippen LogP contribution in [-0.4, -0.2) is 79.7 Å². The molecule has 3 N–H and O–H groups in total. The first-order valence-electron chi connectivity index (χ1n) is 10.6. The largest absolute Gasteiger partial charge is 0.492 e. The molecule has 2 amide bonds. The summed E-state index contributed by atoms with van der Waals surface area (Å²) in [5.41, 5.74) is 0.773. The normalized spacial score (nSPS) is 21.9. The van der Waals surface area contributed by atoms with Gasteiger partial charge in [-0.1, -0.05) is 36.7 Å². The highest BCUT2D eigenvalue weighted by molar-refractivity contribution is 8.15. The van der Waals surface area contributed by atoms with Crippen molar-refractivity contribution in [3.63, 3.8) is 0 Å². The topological polar surface area (TPSA) is 136 Å². The number of benzene rings is 1. The van der Waals surface area contributed by atoms with E-state index in [9.17, 15) is 24.3 Å². The van der Waals surface area contributed by atoms with Gasteiger partial charge in [0.25, 0.3) is 5.24 Å². The number of nitrogens with one attached hydrogen (secondary N) is 1. The molecule has 33 heavy (non-hydrogen) atoms. The lowest BCUT2D eigenvalue weighted by atomic mass is 10.1. The molecule has 0 radical (unpaired) electrons. The molecule has 0 bridgehead atoms. The molecule has 2 heterocycles. The second-order valence-corrected chi connectivity index (χ2v) is 9.53. The Hall–Kier alpha value is -2.28. The fraction of sp³-hybridized carbons (Fsp3) is 0.524. The summed E-state index contributed by atoms with van der Waals surface area (Å²) in [6, 6.07) is 5.38. The Kier molecular flexibility index (Phi) is 9.01. The first kappa shape index (κ1) is 25.3. The van der Waals surface area contributed by atoms with Crippen LogP contribution in [0.15, 0.2) is 24.3 Å². The average molecular weight is 498 g/mol. The minimum Gasteiger partial charge on any atom is -0.492 e. The van der Waals surface area contributed by atoms with Gasteiger partial charge in [-0.05, 0) is 49.9 Å². The lowest BCUT2D eigenvalue weighted by Gasteiger charge is -2.30. The number of amides is 2. The van der Waals surface area contributed by atoms with E-state index in [-0.39, 0.29) is 12.6 Å². The Morgan fingerprint density at radius 3 is 2.58 bits per heavy atom.